The van der Waals surface area contributed by atoms with E-state index in [1.807, 2.05) is 58.0 Å². The number of aryl methyl sites for hydroxylation is 1. The zero-order valence-electron chi connectivity index (χ0n) is 40.6. The van der Waals surface area contributed by atoms with E-state index in [0.29, 0.717) is 31.5 Å². The smallest absolute Gasteiger partial charge is 0.407 e. The summed E-state index contributed by atoms with van der Waals surface area (Å²) in [5.74, 6) is -4.23. The molecule has 2 unspecified atom stereocenters. The number of nitrogens with one attached hydrogen (secondary N) is 4. The van der Waals surface area contributed by atoms with Crippen LogP contribution in [0.25, 0.3) is 0 Å². The van der Waals surface area contributed by atoms with Gasteiger partial charge in [0.05, 0.1) is 36.6 Å². The number of hydrogen-bond donors (Lipinski definition) is 5. The van der Waals surface area contributed by atoms with E-state index in [1.54, 1.807) is 58.4 Å². The first-order valence-electron chi connectivity index (χ1n) is 22.6. The van der Waals surface area contributed by atoms with E-state index in [-0.39, 0.29) is 54.8 Å². The van der Waals surface area contributed by atoms with Crippen molar-refractivity contribution in [3.05, 3.63) is 53.3 Å². The van der Waals surface area contributed by atoms with Crippen molar-refractivity contribution < 1.29 is 48.1 Å². The Kier molecular flexibility index (Phi) is 20.6. The fraction of sp³-hybridized carbons (Fsp3) is 0.660. The third-order valence-corrected chi connectivity index (χ3v) is 12.0. The summed E-state index contributed by atoms with van der Waals surface area (Å²) in [4.78, 5) is 92.3. The maximum Gasteiger partial charge on any atom is 0.407 e. The van der Waals surface area contributed by atoms with Crippen LogP contribution in [0.1, 0.15) is 116 Å². The van der Waals surface area contributed by atoms with Gasteiger partial charge in [-0.1, -0.05) is 78.3 Å². The first kappa shape index (κ1) is 54.0. The summed E-state index contributed by atoms with van der Waals surface area (Å²) in [7, 11) is 4.70. The molecule has 0 radical (unpaired) electrons. The summed E-state index contributed by atoms with van der Waals surface area (Å²) in [5, 5.41) is 21.3. The van der Waals surface area contributed by atoms with Crippen molar-refractivity contribution in [1.82, 2.24) is 35.7 Å². The molecule has 18 nitrogen and oxygen atoms in total. The van der Waals surface area contributed by atoms with E-state index < -0.39 is 77.7 Å². The van der Waals surface area contributed by atoms with Crippen LogP contribution in [0.5, 0.6) is 0 Å². The van der Waals surface area contributed by atoms with Gasteiger partial charge >= 0.3 is 12.1 Å². The molecule has 9 atom stereocenters. The van der Waals surface area contributed by atoms with Gasteiger partial charge in [-0.2, -0.15) is 0 Å². The minimum atomic E-state index is -1.18. The Hall–Kier alpha value is -5.36. The van der Waals surface area contributed by atoms with E-state index in [2.05, 4.69) is 31.2 Å². The average molecular weight is 911 g/mol. The summed E-state index contributed by atoms with van der Waals surface area (Å²) in [6.45, 7) is 18.9. The highest BCUT2D eigenvalue weighted by molar-refractivity contribution is 5.93. The second-order valence-electron chi connectivity index (χ2n) is 18.4. The van der Waals surface area contributed by atoms with Crippen molar-refractivity contribution in [2.75, 3.05) is 46.2 Å². The van der Waals surface area contributed by atoms with Crippen LogP contribution in [0.2, 0.25) is 0 Å². The van der Waals surface area contributed by atoms with Crippen LogP contribution in [-0.4, -0.2) is 143 Å². The summed E-state index contributed by atoms with van der Waals surface area (Å²) in [6, 6.07) is 7.63. The van der Waals surface area contributed by atoms with E-state index in [4.69, 9.17) is 14.2 Å². The van der Waals surface area contributed by atoms with Crippen LogP contribution in [-0.2, 0) is 33.4 Å². The van der Waals surface area contributed by atoms with E-state index in [1.165, 1.54) is 20.3 Å². The number of aromatic nitrogens is 2. The van der Waals surface area contributed by atoms with E-state index in [9.17, 15) is 33.9 Å². The number of rotatable bonds is 23. The number of nitrogens with zero attached hydrogens (tertiary/aromatic N) is 4. The van der Waals surface area contributed by atoms with Crippen molar-refractivity contribution >= 4 is 41.6 Å². The van der Waals surface area contributed by atoms with Crippen molar-refractivity contribution in [3.8, 4) is 0 Å². The van der Waals surface area contributed by atoms with Gasteiger partial charge in [-0.05, 0) is 64.0 Å². The van der Waals surface area contributed by atoms with Crippen molar-refractivity contribution in [1.29, 1.82) is 0 Å². The molecule has 0 spiro atoms. The summed E-state index contributed by atoms with van der Waals surface area (Å²) in [6.07, 6.45) is -0.172. The monoisotopic (exact) mass is 911 g/mol. The lowest BCUT2D eigenvalue weighted by atomic mass is 9.89. The number of methoxy groups -OCH3 is 2. The van der Waals surface area contributed by atoms with Gasteiger partial charge in [0.25, 0.3) is 5.91 Å². The fourth-order valence-electron chi connectivity index (χ4n) is 8.31. The Morgan fingerprint density at radius 2 is 1.58 bits per heavy atom. The third kappa shape index (κ3) is 15.4. The molecule has 362 valence electrons. The number of alkyl carbamates (subject to hydrolysis) is 1. The molecule has 0 bridgehead atoms. The second-order valence-corrected chi connectivity index (χ2v) is 18.4. The fourth-order valence-corrected chi connectivity index (χ4v) is 8.31. The molecule has 1 aromatic carbocycles. The van der Waals surface area contributed by atoms with E-state index in [0.717, 1.165) is 5.56 Å². The first-order chi connectivity index (χ1) is 30.5. The highest BCUT2D eigenvalue weighted by atomic mass is 16.6. The molecule has 65 heavy (non-hydrogen) atoms. The number of anilines is 1. The highest BCUT2D eigenvalue weighted by Crippen LogP contribution is 2.30. The summed E-state index contributed by atoms with van der Waals surface area (Å²) in [5.41, 5.74) is 0.682. The number of aliphatic carboxylic acids is 1. The van der Waals surface area contributed by atoms with Crippen LogP contribution >= 0.6 is 0 Å². The Labute approximate surface area is 384 Å². The number of carbonyl (C=O) groups is 6. The number of ether oxygens (including phenoxy) is 3. The molecule has 1 aliphatic heterocycles. The average Bonchev–Trinajstić information content (AvgIpc) is 3.74. The number of likely N-dealkylation sites (tertiary alicyclic amines) is 1. The predicted octanol–water partition coefficient (Wildman–Crippen LogP) is 4.77. The number of hydrogen-bond acceptors (Lipinski definition) is 12. The molecule has 5 N–H and O–H groups in total. The number of amides is 5. The van der Waals surface area contributed by atoms with Crippen LogP contribution in [0.4, 0.5) is 10.7 Å². The molecule has 0 aliphatic carbocycles. The zero-order chi connectivity index (χ0) is 48.8. The lowest BCUT2D eigenvalue weighted by molar-refractivity contribution is -0.147. The first-order valence-corrected chi connectivity index (χ1v) is 22.6. The third-order valence-electron chi connectivity index (χ3n) is 12.0. The zero-order valence-corrected chi connectivity index (χ0v) is 40.6. The van der Waals surface area contributed by atoms with Gasteiger partial charge in [-0.3, -0.25) is 19.2 Å². The molecule has 3 rings (SSSR count). The quantitative estimate of drug-likeness (QED) is 0.0948. The number of carboxylic acid groups (broad SMARTS) is 1. The van der Waals surface area contributed by atoms with Crippen LogP contribution < -0.4 is 21.3 Å². The minimum Gasteiger partial charge on any atom is -0.480 e. The van der Waals surface area contributed by atoms with E-state index >= 15 is 0 Å². The Morgan fingerprint density at radius 3 is 2.15 bits per heavy atom. The molecule has 1 saturated heterocycles. The van der Waals surface area contributed by atoms with Gasteiger partial charge in [0.2, 0.25) is 23.7 Å². The maximum absolute atomic E-state index is 14.5. The van der Waals surface area contributed by atoms with Gasteiger partial charge in [0.15, 0.2) is 0 Å². The standard InChI is InChI=1S/C47H74N8O10/c1-14-28(4)39(54(11)43(59)37(27(2)3)53-45-50-29(5)25-33(51-45)42(58)48-22-23-49-46(62)65-47(8,9)10)35(63-12)26-36(56)55-24-18-21-34(55)40(64-13)31(7)41(57)52-38(44(60)61)30(6)32-19-16-15-17-20-32/h15-17,19-20,25,27-28,30-31,34-35,37-40H,14,18,21-24,26H2,1-13H3,(H,48,58)(H,49,62)(H,52,57)(H,60,61)(H,50,51,53)/t28-,30?,31+,34-,35+,37-,38?,39-,40+/m0/s1. The maximum atomic E-state index is 14.5. The molecule has 2 heterocycles. The lowest BCUT2D eigenvalue weighted by Crippen LogP contribution is -2.56. The molecule has 18 heteroatoms. The summed E-state index contributed by atoms with van der Waals surface area (Å²) >= 11 is 0. The largest absolute Gasteiger partial charge is 0.480 e. The number of carbonyl (C=O) groups excluding carboxylic acids is 5. The van der Waals surface area contributed by atoms with Crippen molar-refractivity contribution in [2.45, 2.75) is 143 Å². The highest BCUT2D eigenvalue weighted by Gasteiger charge is 2.43. The predicted molar refractivity (Wildman–Crippen MR) is 246 cm³/mol. The van der Waals surface area contributed by atoms with Crippen molar-refractivity contribution in [2.24, 2.45) is 17.8 Å². The number of likely N-dealkylation sites (N-methyl/N-ethyl adjacent to an activating group) is 1. The number of benzene rings is 1. The van der Waals surface area contributed by atoms with Gasteiger partial charge in [-0.25, -0.2) is 19.6 Å². The Bertz CT molecular complexity index is 1910. The number of carboxylic acids is 1. The van der Waals surface area contributed by atoms with Gasteiger partial charge in [0.1, 0.15) is 23.4 Å². The van der Waals surface area contributed by atoms with Crippen LogP contribution in [0.15, 0.2) is 36.4 Å². The molecule has 1 fully saturated rings. The van der Waals surface area contributed by atoms with Gasteiger partial charge < -0.3 is 50.4 Å². The van der Waals surface area contributed by atoms with Crippen LogP contribution in [0.3, 0.4) is 0 Å². The normalized spacial score (nSPS) is 17.7. The molecular formula is C47H74N8O10. The van der Waals surface area contributed by atoms with Crippen molar-refractivity contribution in [3.63, 3.8) is 0 Å². The summed E-state index contributed by atoms with van der Waals surface area (Å²) < 4.78 is 17.2. The molecule has 1 aromatic heterocycles. The van der Waals surface area contributed by atoms with Gasteiger partial charge in [0, 0.05) is 52.5 Å². The Balaban J connectivity index is 1.76. The molecule has 0 saturated carbocycles. The Morgan fingerprint density at radius 1 is 0.938 bits per heavy atom. The molecule has 5 amide bonds. The molecular weight excluding hydrogens is 837 g/mol. The second kappa shape index (κ2) is 24.8. The topological polar surface area (TPSA) is 231 Å². The molecule has 1 aliphatic rings. The lowest BCUT2D eigenvalue weighted by Gasteiger charge is -2.40. The van der Waals surface area contributed by atoms with Gasteiger partial charge in [-0.15, -0.1) is 0 Å². The van der Waals surface area contributed by atoms with Crippen LogP contribution in [0, 0.1) is 24.7 Å². The minimum absolute atomic E-state index is 0.0567. The molecule has 2 aromatic rings. The SMILES string of the molecule is CC[C@H](C)[C@@H]([C@@H](CC(=O)N1CCC[C@H]1[C@H](OC)[C@@H](C)C(=O)NC(C(=O)O)C(C)c1ccccc1)OC)N(C)C(=O)[C@@H](Nc1nc(C)cc(C(=O)NCCNC(=O)OC(C)(C)C)n1)C(C)C.